The summed E-state index contributed by atoms with van der Waals surface area (Å²) in [4.78, 5) is 32.0. The predicted octanol–water partition coefficient (Wildman–Crippen LogP) is 5.73. The largest absolute Gasteiger partial charge is 0.490 e. The van der Waals surface area contributed by atoms with Crippen molar-refractivity contribution in [2.75, 3.05) is 57.7 Å². The molecule has 0 fully saturated rings. The van der Waals surface area contributed by atoms with Gasteiger partial charge in [0.15, 0.2) is 0 Å². The maximum absolute atomic E-state index is 14.1. The summed E-state index contributed by atoms with van der Waals surface area (Å²) in [6.45, 7) is 6.25. The van der Waals surface area contributed by atoms with Gasteiger partial charge >= 0.3 is 12.2 Å². The Kier molecular flexibility index (Phi) is 12.3. The number of nitrogens with zero attached hydrogens (tertiary/aromatic N) is 3. The number of nitrogens with one attached hydrogen (secondary N) is 1. The van der Waals surface area contributed by atoms with Crippen LogP contribution in [0, 0.1) is 5.92 Å². The zero-order valence-electron chi connectivity index (χ0n) is 26.4. The van der Waals surface area contributed by atoms with E-state index in [4.69, 9.17) is 9.47 Å². The van der Waals surface area contributed by atoms with Gasteiger partial charge in [0.1, 0.15) is 5.75 Å². The SMILES string of the molecule is C[C@@H]1CCCCO[C@H](CN(C)C(=O)Nc2ccc(C(F)(F)F)cc2)[C@@H](C)CN([C@H](C)CO)C(=O)c2cc(N(C)C)ccc2O1. The number of alkyl halides is 3. The lowest BCUT2D eigenvalue weighted by atomic mass is 10.0. The van der Waals surface area contributed by atoms with Crippen molar-refractivity contribution in [3.63, 3.8) is 0 Å². The normalized spacial score (nSPS) is 21.0. The molecular weight excluding hydrogens is 577 g/mol. The van der Waals surface area contributed by atoms with Gasteiger partial charge < -0.3 is 34.6 Å². The van der Waals surface area contributed by atoms with E-state index in [9.17, 15) is 27.9 Å². The van der Waals surface area contributed by atoms with E-state index in [1.54, 1.807) is 24.9 Å². The summed E-state index contributed by atoms with van der Waals surface area (Å²) >= 11 is 0. The molecule has 9 nitrogen and oxygen atoms in total. The first-order valence-corrected chi connectivity index (χ1v) is 14.9. The average Bonchev–Trinajstić information content (AvgIpc) is 2.97. The van der Waals surface area contributed by atoms with Gasteiger partial charge in [-0.1, -0.05) is 6.92 Å². The number of likely N-dealkylation sites (N-methyl/N-ethyl adjacent to an activating group) is 1. The van der Waals surface area contributed by atoms with E-state index in [2.05, 4.69) is 5.32 Å². The van der Waals surface area contributed by atoms with E-state index < -0.39 is 29.9 Å². The number of aliphatic hydroxyl groups is 1. The molecule has 1 heterocycles. The highest BCUT2D eigenvalue weighted by atomic mass is 19.4. The number of carbonyl (C=O) groups excluding carboxylic acids is 2. The summed E-state index contributed by atoms with van der Waals surface area (Å²) in [5, 5.41) is 12.7. The van der Waals surface area contributed by atoms with Gasteiger partial charge in [-0.2, -0.15) is 13.2 Å². The van der Waals surface area contributed by atoms with Gasteiger partial charge in [0.05, 0.1) is 36.0 Å². The Morgan fingerprint density at radius 3 is 2.41 bits per heavy atom. The lowest BCUT2D eigenvalue weighted by Crippen LogP contribution is -2.48. The summed E-state index contributed by atoms with van der Waals surface area (Å²) in [6.07, 6.45) is -2.74. The first-order valence-electron chi connectivity index (χ1n) is 14.9. The van der Waals surface area contributed by atoms with Crippen LogP contribution in [0.2, 0.25) is 0 Å². The Morgan fingerprint density at radius 2 is 1.80 bits per heavy atom. The van der Waals surface area contributed by atoms with Crippen LogP contribution in [0.3, 0.4) is 0 Å². The zero-order chi connectivity index (χ0) is 32.6. The molecule has 2 aromatic rings. The maximum Gasteiger partial charge on any atom is 0.416 e. The molecule has 0 saturated heterocycles. The van der Waals surface area contributed by atoms with E-state index in [1.807, 2.05) is 45.0 Å². The van der Waals surface area contributed by atoms with Crippen LogP contribution in [0.1, 0.15) is 56.0 Å². The number of carbonyl (C=O) groups is 2. The highest BCUT2D eigenvalue weighted by Crippen LogP contribution is 2.31. The molecule has 2 aromatic carbocycles. The quantitative estimate of drug-likeness (QED) is 0.428. The number of rotatable bonds is 6. The molecule has 0 saturated carbocycles. The number of hydrogen-bond acceptors (Lipinski definition) is 6. The fourth-order valence-corrected chi connectivity index (χ4v) is 4.97. The molecule has 0 aromatic heterocycles. The number of hydrogen-bond donors (Lipinski definition) is 2. The van der Waals surface area contributed by atoms with Crippen LogP contribution >= 0.6 is 0 Å². The third-order valence-corrected chi connectivity index (χ3v) is 7.82. The second-order valence-corrected chi connectivity index (χ2v) is 11.8. The molecule has 1 aliphatic heterocycles. The van der Waals surface area contributed by atoms with Crippen LogP contribution in [-0.2, 0) is 10.9 Å². The molecule has 0 spiro atoms. The Hall–Kier alpha value is -3.51. The molecule has 0 radical (unpaired) electrons. The summed E-state index contributed by atoms with van der Waals surface area (Å²) in [5.41, 5.74) is 0.665. The number of benzene rings is 2. The average molecular weight is 623 g/mol. The highest BCUT2D eigenvalue weighted by Gasteiger charge is 2.32. The van der Waals surface area contributed by atoms with Crippen molar-refractivity contribution in [2.24, 2.45) is 5.92 Å². The van der Waals surface area contributed by atoms with Crippen molar-refractivity contribution in [3.05, 3.63) is 53.6 Å². The second kappa shape index (κ2) is 15.5. The third-order valence-electron chi connectivity index (χ3n) is 7.82. The molecular formula is C32H45F3N4O5. The third kappa shape index (κ3) is 9.49. The topological polar surface area (TPSA) is 94.6 Å². The van der Waals surface area contributed by atoms with E-state index in [0.717, 1.165) is 37.1 Å². The summed E-state index contributed by atoms with van der Waals surface area (Å²) in [6, 6.07) is 8.74. The molecule has 244 valence electrons. The van der Waals surface area contributed by atoms with Crippen molar-refractivity contribution in [1.29, 1.82) is 0 Å². The number of halogens is 3. The van der Waals surface area contributed by atoms with Crippen LogP contribution in [0.25, 0.3) is 0 Å². The van der Waals surface area contributed by atoms with Crippen molar-refractivity contribution < 1.29 is 37.3 Å². The lowest BCUT2D eigenvalue weighted by Gasteiger charge is -2.36. The number of amides is 3. The van der Waals surface area contributed by atoms with Crippen LogP contribution < -0.4 is 15.0 Å². The molecule has 12 heteroatoms. The van der Waals surface area contributed by atoms with Gasteiger partial charge in [-0.15, -0.1) is 0 Å². The summed E-state index contributed by atoms with van der Waals surface area (Å²) in [7, 11) is 5.36. The monoisotopic (exact) mass is 622 g/mol. The smallest absolute Gasteiger partial charge is 0.416 e. The number of fused-ring (bicyclic) bond motifs is 1. The molecule has 2 N–H and O–H groups in total. The molecule has 4 atom stereocenters. The molecule has 44 heavy (non-hydrogen) atoms. The zero-order valence-corrected chi connectivity index (χ0v) is 26.4. The number of ether oxygens (including phenoxy) is 2. The highest BCUT2D eigenvalue weighted by molar-refractivity contribution is 5.98. The minimum atomic E-state index is -4.47. The maximum atomic E-state index is 14.1. The van der Waals surface area contributed by atoms with Crippen LogP contribution in [0.4, 0.5) is 29.3 Å². The van der Waals surface area contributed by atoms with Gasteiger partial charge in [0.25, 0.3) is 5.91 Å². The minimum absolute atomic E-state index is 0.145. The second-order valence-electron chi connectivity index (χ2n) is 11.8. The van der Waals surface area contributed by atoms with E-state index in [-0.39, 0.29) is 43.3 Å². The number of urea groups is 1. The van der Waals surface area contributed by atoms with E-state index in [1.165, 1.54) is 17.0 Å². The van der Waals surface area contributed by atoms with E-state index >= 15 is 0 Å². The van der Waals surface area contributed by atoms with Gasteiger partial charge in [0, 0.05) is 58.1 Å². The van der Waals surface area contributed by atoms with Gasteiger partial charge in [-0.05, 0) is 75.6 Å². The van der Waals surface area contributed by atoms with Gasteiger partial charge in [-0.25, -0.2) is 4.79 Å². The van der Waals surface area contributed by atoms with E-state index in [0.29, 0.717) is 17.9 Å². The van der Waals surface area contributed by atoms with Crippen LogP contribution in [0.15, 0.2) is 42.5 Å². The molecule has 0 aliphatic carbocycles. The molecule has 0 bridgehead atoms. The fraction of sp³-hybridized carbons (Fsp3) is 0.562. The summed E-state index contributed by atoms with van der Waals surface area (Å²) < 4.78 is 51.3. The van der Waals surface area contributed by atoms with Crippen molar-refractivity contribution >= 4 is 23.3 Å². The Labute approximate surface area is 257 Å². The van der Waals surface area contributed by atoms with Crippen molar-refractivity contribution in [1.82, 2.24) is 9.80 Å². The predicted molar refractivity (Wildman–Crippen MR) is 164 cm³/mol. The Bertz CT molecular complexity index is 1240. The molecule has 3 amide bonds. The van der Waals surface area contributed by atoms with Crippen LogP contribution in [-0.4, -0.2) is 92.5 Å². The van der Waals surface area contributed by atoms with Gasteiger partial charge in [0.2, 0.25) is 0 Å². The number of anilines is 2. The fourth-order valence-electron chi connectivity index (χ4n) is 4.97. The first-order chi connectivity index (χ1) is 20.7. The Morgan fingerprint density at radius 1 is 1.11 bits per heavy atom. The minimum Gasteiger partial charge on any atom is -0.490 e. The standard InChI is InChI=1S/C32H45F3N4O5/c1-21-18-39(22(2)20-40)30(41)27-17-26(37(4)5)14-15-28(27)44-23(3)9-7-8-16-43-29(21)19-38(6)31(42)36-25-12-10-24(11-13-25)32(33,34)35/h10-15,17,21-23,29,40H,7-9,16,18-20H2,1-6H3,(H,36,42)/t21-,22+,23+,29+/m0/s1. The van der Waals surface area contributed by atoms with Crippen LogP contribution in [0.5, 0.6) is 5.75 Å². The van der Waals surface area contributed by atoms with Gasteiger partial charge in [-0.3, -0.25) is 4.79 Å². The first kappa shape index (κ1) is 35.0. The molecule has 3 rings (SSSR count). The van der Waals surface area contributed by atoms with Crippen molar-refractivity contribution in [3.8, 4) is 5.75 Å². The lowest BCUT2D eigenvalue weighted by molar-refractivity contribution is -0.137. The Balaban J connectivity index is 1.84. The molecule has 0 unspecified atom stereocenters. The number of aliphatic hydroxyl groups excluding tert-OH is 1. The molecule has 1 aliphatic rings. The van der Waals surface area contributed by atoms with Crippen molar-refractivity contribution in [2.45, 2.75) is 64.5 Å². The summed E-state index contributed by atoms with van der Waals surface area (Å²) in [5.74, 6) is -0.0496.